The van der Waals surface area contributed by atoms with Crippen molar-refractivity contribution in [2.75, 3.05) is 19.8 Å². The minimum atomic E-state index is -0.241. The Balaban J connectivity index is 1.90. The smallest absolute Gasteiger partial charge is 0.289 e. The third kappa shape index (κ3) is 3.12. The van der Waals surface area contributed by atoms with Crippen LogP contribution in [0.4, 0.5) is 0 Å². The van der Waals surface area contributed by atoms with Crippen LogP contribution in [0.15, 0.2) is 12.0 Å². The third-order valence-electron chi connectivity index (χ3n) is 3.33. The number of hydrogen-bond acceptors (Lipinski definition) is 4. The van der Waals surface area contributed by atoms with Crippen LogP contribution in [0.2, 0.25) is 0 Å². The van der Waals surface area contributed by atoms with Crippen molar-refractivity contribution >= 4 is 5.91 Å². The van der Waals surface area contributed by atoms with Gasteiger partial charge in [-0.15, -0.1) is 0 Å². The zero-order valence-electron chi connectivity index (χ0n) is 9.85. The van der Waals surface area contributed by atoms with E-state index >= 15 is 0 Å². The van der Waals surface area contributed by atoms with Gasteiger partial charge in [-0.25, -0.2) is 0 Å². The molecule has 2 rings (SSSR count). The highest BCUT2D eigenvalue weighted by atomic mass is 16.6. The Morgan fingerprint density at radius 1 is 1.41 bits per heavy atom. The summed E-state index contributed by atoms with van der Waals surface area (Å²) >= 11 is 0. The van der Waals surface area contributed by atoms with Gasteiger partial charge in [0.2, 0.25) is 5.76 Å². The van der Waals surface area contributed by atoms with Crippen molar-refractivity contribution in [3.8, 4) is 0 Å². The van der Waals surface area contributed by atoms with Crippen molar-refractivity contribution in [3.05, 3.63) is 12.0 Å². The lowest BCUT2D eigenvalue weighted by atomic mass is 9.85. The first-order chi connectivity index (χ1) is 8.31. The van der Waals surface area contributed by atoms with E-state index in [0.717, 1.165) is 25.7 Å². The second-order valence-electron chi connectivity index (χ2n) is 4.51. The highest BCUT2D eigenvalue weighted by Gasteiger charge is 2.27. The van der Waals surface area contributed by atoms with Crippen LogP contribution in [-0.2, 0) is 14.3 Å². The molecule has 1 fully saturated rings. The van der Waals surface area contributed by atoms with Gasteiger partial charge in [0.15, 0.2) is 0 Å². The van der Waals surface area contributed by atoms with Gasteiger partial charge in [0, 0.05) is 18.6 Å². The largest absolute Gasteiger partial charge is 0.494 e. The summed E-state index contributed by atoms with van der Waals surface area (Å²) in [4.78, 5) is 11.9. The fourth-order valence-corrected chi connectivity index (χ4v) is 2.34. The Bertz CT molecular complexity index is 303. The van der Waals surface area contributed by atoms with Gasteiger partial charge in [-0.1, -0.05) is 12.8 Å². The summed E-state index contributed by atoms with van der Waals surface area (Å²) in [7, 11) is 0. The number of amides is 1. The van der Waals surface area contributed by atoms with E-state index < -0.39 is 0 Å². The molecule has 0 aromatic carbocycles. The van der Waals surface area contributed by atoms with Crippen molar-refractivity contribution in [3.63, 3.8) is 0 Å². The van der Waals surface area contributed by atoms with E-state index in [2.05, 4.69) is 5.32 Å². The van der Waals surface area contributed by atoms with Gasteiger partial charge in [-0.3, -0.25) is 4.79 Å². The van der Waals surface area contributed by atoms with Crippen LogP contribution in [0.25, 0.3) is 0 Å². The molecule has 2 aliphatic rings. The predicted molar refractivity (Wildman–Crippen MR) is 61.0 cm³/mol. The van der Waals surface area contributed by atoms with Crippen LogP contribution in [0.5, 0.6) is 0 Å². The summed E-state index contributed by atoms with van der Waals surface area (Å²) in [6, 6.07) is 0.0488. The Hall–Kier alpha value is -1.23. The average molecular weight is 241 g/mol. The van der Waals surface area contributed by atoms with Gasteiger partial charge in [-0.2, -0.15) is 0 Å². The molecule has 0 spiro atoms. The molecule has 2 unspecified atom stereocenters. The standard InChI is InChI=1S/C12H19NO4/c14-7-9-3-1-2-4-10(9)13-12(15)11-8-16-5-6-17-11/h8-10,14H,1-7H2,(H,13,15). The van der Waals surface area contributed by atoms with Crippen molar-refractivity contribution in [2.24, 2.45) is 5.92 Å². The summed E-state index contributed by atoms with van der Waals surface area (Å²) in [5.74, 6) is 0.159. The first kappa shape index (κ1) is 12.2. The van der Waals surface area contributed by atoms with E-state index in [4.69, 9.17) is 9.47 Å². The normalized spacial score (nSPS) is 28.6. The maximum atomic E-state index is 11.9. The fraction of sp³-hybridized carbons (Fsp3) is 0.750. The molecule has 0 saturated heterocycles. The molecule has 2 N–H and O–H groups in total. The molecule has 96 valence electrons. The summed E-state index contributed by atoms with van der Waals surface area (Å²) < 4.78 is 10.3. The molecule has 17 heavy (non-hydrogen) atoms. The van der Waals surface area contributed by atoms with Gasteiger partial charge in [0.25, 0.3) is 5.91 Å². The summed E-state index contributed by atoms with van der Waals surface area (Å²) in [6.45, 7) is 1.02. The number of carbonyl (C=O) groups excluding carboxylic acids is 1. The van der Waals surface area contributed by atoms with Crippen LogP contribution in [-0.4, -0.2) is 36.9 Å². The number of ether oxygens (including phenoxy) is 2. The molecule has 1 amide bonds. The molecule has 0 aromatic rings. The van der Waals surface area contributed by atoms with Crippen molar-refractivity contribution in [1.29, 1.82) is 0 Å². The lowest BCUT2D eigenvalue weighted by molar-refractivity contribution is -0.123. The van der Waals surface area contributed by atoms with E-state index in [1.807, 2.05) is 0 Å². The zero-order valence-corrected chi connectivity index (χ0v) is 9.85. The van der Waals surface area contributed by atoms with Crippen LogP contribution in [0, 0.1) is 5.92 Å². The van der Waals surface area contributed by atoms with Crippen LogP contribution in [0.3, 0.4) is 0 Å². The van der Waals surface area contributed by atoms with Crippen LogP contribution in [0.1, 0.15) is 25.7 Å². The van der Waals surface area contributed by atoms with Crippen molar-refractivity contribution in [2.45, 2.75) is 31.7 Å². The molecule has 1 heterocycles. The Kier molecular flexibility index (Phi) is 4.25. The molecular weight excluding hydrogens is 222 g/mol. The number of carbonyl (C=O) groups is 1. The highest BCUT2D eigenvalue weighted by molar-refractivity contribution is 5.91. The van der Waals surface area contributed by atoms with Gasteiger partial charge < -0.3 is 19.9 Å². The van der Waals surface area contributed by atoms with E-state index in [-0.39, 0.29) is 30.2 Å². The van der Waals surface area contributed by atoms with E-state index in [0.29, 0.717) is 13.2 Å². The number of aliphatic hydroxyl groups excluding tert-OH is 1. The molecule has 1 aliphatic heterocycles. The Morgan fingerprint density at radius 2 is 2.24 bits per heavy atom. The molecule has 5 nitrogen and oxygen atoms in total. The lowest BCUT2D eigenvalue weighted by Crippen LogP contribution is -2.44. The van der Waals surface area contributed by atoms with Crippen molar-refractivity contribution < 1.29 is 19.4 Å². The van der Waals surface area contributed by atoms with Crippen LogP contribution >= 0.6 is 0 Å². The molecular formula is C12H19NO4. The maximum Gasteiger partial charge on any atom is 0.289 e. The SMILES string of the molecule is O=C(NC1CCCCC1CO)C1=COCCO1. The summed E-state index contributed by atoms with van der Waals surface area (Å²) in [5, 5.41) is 12.2. The average Bonchev–Trinajstić information content (AvgIpc) is 2.40. The van der Waals surface area contributed by atoms with Gasteiger partial charge in [0.05, 0.1) is 0 Å². The molecule has 5 heteroatoms. The van der Waals surface area contributed by atoms with E-state index in [1.165, 1.54) is 6.26 Å². The molecule has 2 atom stereocenters. The van der Waals surface area contributed by atoms with E-state index in [9.17, 15) is 9.90 Å². The molecule has 0 aromatic heterocycles. The number of nitrogens with one attached hydrogen (secondary N) is 1. The Labute approximate surface area is 101 Å². The number of aliphatic hydroxyl groups is 1. The zero-order chi connectivity index (χ0) is 12.1. The maximum absolute atomic E-state index is 11.9. The second kappa shape index (κ2) is 5.91. The third-order valence-corrected chi connectivity index (χ3v) is 3.33. The topological polar surface area (TPSA) is 67.8 Å². The Morgan fingerprint density at radius 3 is 2.94 bits per heavy atom. The number of hydrogen-bond donors (Lipinski definition) is 2. The lowest BCUT2D eigenvalue weighted by Gasteiger charge is -2.31. The van der Waals surface area contributed by atoms with E-state index in [1.54, 1.807) is 0 Å². The minimum absolute atomic E-state index is 0.0488. The van der Waals surface area contributed by atoms with Crippen molar-refractivity contribution in [1.82, 2.24) is 5.32 Å². The molecule has 0 bridgehead atoms. The highest BCUT2D eigenvalue weighted by Crippen LogP contribution is 2.24. The van der Waals surface area contributed by atoms with Crippen LogP contribution < -0.4 is 5.32 Å². The fourth-order valence-electron chi connectivity index (χ4n) is 2.34. The molecule has 1 saturated carbocycles. The first-order valence-corrected chi connectivity index (χ1v) is 6.17. The predicted octanol–water partition coefficient (Wildman–Crippen LogP) is 0.542. The quantitative estimate of drug-likeness (QED) is 0.757. The monoisotopic (exact) mass is 241 g/mol. The van der Waals surface area contributed by atoms with Gasteiger partial charge >= 0.3 is 0 Å². The van der Waals surface area contributed by atoms with Gasteiger partial charge in [0.1, 0.15) is 19.5 Å². The summed E-state index contributed by atoms with van der Waals surface area (Å²) in [6.07, 6.45) is 5.47. The summed E-state index contributed by atoms with van der Waals surface area (Å²) in [5.41, 5.74) is 0. The number of rotatable bonds is 3. The molecule has 0 radical (unpaired) electrons. The molecule has 1 aliphatic carbocycles. The minimum Gasteiger partial charge on any atom is -0.494 e. The van der Waals surface area contributed by atoms with Gasteiger partial charge in [-0.05, 0) is 12.8 Å². The first-order valence-electron chi connectivity index (χ1n) is 6.17. The second-order valence-corrected chi connectivity index (χ2v) is 4.51.